The Balaban J connectivity index is 1.85. The average Bonchev–Trinajstić information content (AvgIpc) is 2.80. The van der Waals surface area contributed by atoms with Gasteiger partial charge in [0.05, 0.1) is 12.1 Å². The summed E-state index contributed by atoms with van der Waals surface area (Å²) in [6, 6.07) is 18.1. The van der Waals surface area contributed by atoms with Crippen LogP contribution in [-0.2, 0) is 11.4 Å². The van der Waals surface area contributed by atoms with E-state index in [4.69, 9.17) is 32.7 Å². The number of carbonyl (C=O) groups excluding carboxylic acids is 1. The molecule has 0 atom stereocenters. The molecule has 0 fully saturated rings. The molecule has 0 aliphatic rings. The van der Waals surface area contributed by atoms with Crippen LogP contribution < -0.4 is 14.8 Å². The van der Waals surface area contributed by atoms with E-state index in [1.807, 2.05) is 50.2 Å². The van der Waals surface area contributed by atoms with Crippen molar-refractivity contribution in [3.8, 4) is 17.6 Å². The first-order valence-electron chi connectivity index (χ1n) is 10.1. The van der Waals surface area contributed by atoms with E-state index < -0.39 is 5.91 Å². The molecule has 7 heteroatoms. The van der Waals surface area contributed by atoms with Crippen LogP contribution in [0.15, 0.2) is 60.2 Å². The number of aryl methyl sites for hydroxylation is 1. The molecule has 0 bridgehead atoms. The number of halogens is 2. The van der Waals surface area contributed by atoms with Crippen molar-refractivity contribution in [1.29, 1.82) is 5.26 Å². The molecule has 168 valence electrons. The lowest BCUT2D eigenvalue weighted by Crippen LogP contribution is -2.14. The maximum Gasteiger partial charge on any atom is 0.266 e. The highest BCUT2D eigenvalue weighted by molar-refractivity contribution is 6.32. The standard InChI is InChI=1S/C26H22Cl2N2O3/c1-16-7-6-10-23(17(16)2)30-26(31)20(14-29)11-18-12-22(28)25(24(13-18)32-3)33-15-19-8-4-5-9-21(19)27/h4-13H,15H2,1-3H3,(H,30,31)/b20-11+. The van der Waals surface area contributed by atoms with E-state index in [-0.39, 0.29) is 17.2 Å². The van der Waals surface area contributed by atoms with Gasteiger partial charge in [0, 0.05) is 16.3 Å². The molecule has 0 aliphatic heterocycles. The van der Waals surface area contributed by atoms with Gasteiger partial charge in [0.25, 0.3) is 5.91 Å². The zero-order valence-corrected chi connectivity index (χ0v) is 19.9. The Labute approximate surface area is 203 Å². The summed E-state index contributed by atoms with van der Waals surface area (Å²) in [6.45, 7) is 4.06. The number of anilines is 1. The summed E-state index contributed by atoms with van der Waals surface area (Å²) in [6.07, 6.45) is 1.45. The highest BCUT2D eigenvalue weighted by atomic mass is 35.5. The van der Waals surface area contributed by atoms with Gasteiger partial charge in [-0.15, -0.1) is 0 Å². The van der Waals surface area contributed by atoms with Gasteiger partial charge >= 0.3 is 0 Å². The minimum absolute atomic E-state index is 0.0706. The number of ether oxygens (including phenoxy) is 2. The van der Waals surface area contributed by atoms with Crippen molar-refractivity contribution < 1.29 is 14.3 Å². The van der Waals surface area contributed by atoms with E-state index in [1.165, 1.54) is 13.2 Å². The van der Waals surface area contributed by atoms with Crippen LogP contribution in [0.25, 0.3) is 6.08 Å². The molecule has 0 heterocycles. The van der Waals surface area contributed by atoms with Crippen LogP contribution in [-0.4, -0.2) is 13.0 Å². The summed E-state index contributed by atoms with van der Waals surface area (Å²) < 4.78 is 11.3. The smallest absolute Gasteiger partial charge is 0.266 e. The predicted molar refractivity (Wildman–Crippen MR) is 132 cm³/mol. The zero-order chi connectivity index (χ0) is 24.0. The van der Waals surface area contributed by atoms with Crippen molar-refractivity contribution in [2.45, 2.75) is 20.5 Å². The summed E-state index contributed by atoms with van der Waals surface area (Å²) in [7, 11) is 1.49. The molecule has 0 radical (unpaired) electrons. The number of nitriles is 1. The van der Waals surface area contributed by atoms with Gasteiger partial charge in [0.1, 0.15) is 18.2 Å². The Morgan fingerprint density at radius 3 is 2.55 bits per heavy atom. The lowest BCUT2D eigenvalue weighted by Gasteiger charge is -2.14. The summed E-state index contributed by atoms with van der Waals surface area (Å²) in [5.74, 6) is 0.197. The van der Waals surface area contributed by atoms with Crippen molar-refractivity contribution in [2.75, 3.05) is 12.4 Å². The third kappa shape index (κ3) is 5.87. The van der Waals surface area contributed by atoms with Crippen molar-refractivity contribution in [2.24, 2.45) is 0 Å². The Kier molecular flexibility index (Phi) is 8.00. The summed E-state index contributed by atoms with van der Waals surface area (Å²) >= 11 is 12.6. The van der Waals surface area contributed by atoms with Gasteiger partial charge in [-0.1, -0.05) is 53.5 Å². The Morgan fingerprint density at radius 1 is 1.09 bits per heavy atom. The van der Waals surface area contributed by atoms with E-state index in [1.54, 1.807) is 24.3 Å². The van der Waals surface area contributed by atoms with Crippen molar-refractivity contribution in [3.63, 3.8) is 0 Å². The second-order valence-corrected chi connectivity index (χ2v) is 8.10. The quantitative estimate of drug-likeness (QED) is 0.300. The van der Waals surface area contributed by atoms with Crippen LogP contribution in [0.5, 0.6) is 11.5 Å². The van der Waals surface area contributed by atoms with Crippen LogP contribution in [0.2, 0.25) is 10.0 Å². The van der Waals surface area contributed by atoms with Crippen LogP contribution in [0.4, 0.5) is 5.69 Å². The van der Waals surface area contributed by atoms with Gasteiger partial charge in [0.2, 0.25) is 0 Å². The predicted octanol–water partition coefficient (Wildman–Crippen LogP) is 6.74. The fourth-order valence-corrected chi connectivity index (χ4v) is 3.58. The Hall–Kier alpha value is -3.46. The number of methoxy groups -OCH3 is 1. The molecule has 3 rings (SSSR count). The molecule has 0 unspecified atom stereocenters. The first-order chi connectivity index (χ1) is 15.8. The van der Waals surface area contributed by atoms with Gasteiger partial charge in [-0.3, -0.25) is 4.79 Å². The van der Waals surface area contributed by atoms with Crippen LogP contribution in [0.1, 0.15) is 22.3 Å². The first kappa shape index (κ1) is 24.2. The van der Waals surface area contributed by atoms with E-state index in [2.05, 4.69) is 5.32 Å². The van der Waals surface area contributed by atoms with Crippen molar-refractivity contribution >= 4 is 40.9 Å². The first-order valence-corrected chi connectivity index (χ1v) is 10.8. The van der Waals surface area contributed by atoms with E-state index in [0.29, 0.717) is 27.8 Å². The molecule has 3 aromatic rings. The fraction of sp³-hybridized carbons (Fsp3) is 0.154. The average molecular weight is 481 g/mol. The number of carbonyl (C=O) groups is 1. The molecule has 5 nitrogen and oxygen atoms in total. The number of hydrogen-bond acceptors (Lipinski definition) is 4. The molecule has 1 N–H and O–H groups in total. The monoisotopic (exact) mass is 480 g/mol. The Bertz CT molecular complexity index is 1260. The topological polar surface area (TPSA) is 71.3 Å². The van der Waals surface area contributed by atoms with Gasteiger partial charge < -0.3 is 14.8 Å². The van der Waals surface area contributed by atoms with Crippen molar-refractivity contribution in [1.82, 2.24) is 0 Å². The third-order valence-corrected chi connectivity index (χ3v) is 5.76. The lowest BCUT2D eigenvalue weighted by molar-refractivity contribution is -0.112. The summed E-state index contributed by atoms with van der Waals surface area (Å²) in [5.41, 5.74) is 3.89. The second kappa shape index (κ2) is 10.9. The Morgan fingerprint density at radius 2 is 1.85 bits per heavy atom. The van der Waals surface area contributed by atoms with Gasteiger partial charge in [-0.05, 0) is 60.9 Å². The second-order valence-electron chi connectivity index (χ2n) is 7.29. The highest BCUT2D eigenvalue weighted by Crippen LogP contribution is 2.38. The van der Waals surface area contributed by atoms with Crippen LogP contribution in [0.3, 0.4) is 0 Å². The normalized spacial score (nSPS) is 11.0. The van der Waals surface area contributed by atoms with Crippen molar-refractivity contribution in [3.05, 3.63) is 92.5 Å². The number of nitrogens with zero attached hydrogens (tertiary/aromatic N) is 1. The maximum atomic E-state index is 12.7. The fourth-order valence-electron chi connectivity index (χ4n) is 3.12. The zero-order valence-electron chi connectivity index (χ0n) is 18.4. The third-order valence-electron chi connectivity index (χ3n) is 5.11. The van der Waals surface area contributed by atoms with E-state index in [0.717, 1.165) is 16.7 Å². The number of nitrogens with one attached hydrogen (secondary N) is 1. The number of hydrogen-bond donors (Lipinski definition) is 1. The molecular formula is C26H22Cl2N2O3. The van der Waals surface area contributed by atoms with Crippen LogP contribution in [0, 0.1) is 25.2 Å². The SMILES string of the molecule is COc1cc(/C=C(\C#N)C(=O)Nc2cccc(C)c2C)cc(Cl)c1OCc1ccccc1Cl. The van der Waals surface area contributed by atoms with Gasteiger partial charge in [0.15, 0.2) is 11.5 Å². The molecule has 1 amide bonds. The van der Waals surface area contributed by atoms with Gasteiger partial charge in [-0.25, -0.2) is 0 Å². The molecule has 33 heavy (non-hydrogen) atoms. The molecule has 0 aliphatic carbocycles. The molecule has 0 saturated carbocycles. The minimum Gasteiger partial charge on any atom is -0.493 e. The lowest BCUT2D eigenvalue weighted by atomic mass is 10.1. The van der Waals surface area contributed by atoms with Crippen LogP contribution >= 0.6 is 23.2 Å². The largest absolute Gasteiger partial charge is 0.493 e. The molecule has 0 aromatic heterocycles. The highest BCUT2D eigenvalue weighted by Gasteiger charge is 2.15. The molecule has 0 spiro atoms. The molecular weight excluding hydrogens is 459 g/mol. The minimum atomic E-state index is -0.514. The van der Waals surface area contributed by atoms with Gasteiger partial charge in [-0.2, -0.15) is 5.26 Å². The summed E-state index contributed by atoms with van der Waals surface area (Å²) in [4.78, 5) is 12.7. The number of amides is 1. The number of rotatable bonds is 7. The van der Waals surface area contributed by atoms with E-state index in [9.17, 15) is 10.1 Å². The maximum absolute atomic E-state index is 12.7. The van der Waals surface area contributed by atoms with E-state index >= 15 is 0 Å². The summed E-state index contributed by atoms with van der Waals surface area (Å²) in [5, 5.41) is 13.2. The molecule has 3 aromatic carbocycles. The molecule has 0 saturated heterocycles. The number of benzene rings is 3.